The minimum absolute atomic E-state index is 0.0262. The van der Waals surface area contributed by atoms with E-state index in [4.69, 9.17) is 4.74 Å². The molecule has 2 unspecified atom stereocenters. The molecule has 1 aliphatic heterocycles. The summed E-state index contributed by atoms with van der Waals surface area (Å²) >= 11 is 0. The van der Waals surface area contributed by atoms with Crippen LogP contribution in [-0.4, -0.2) is 31.7 Å². The number of benzene rings is 1. The summed E-state index contributed by atoms with van der Waals surface area (Å²) in [7, 11) is 0. The molecular formula is C15H22N2O2. The van der Waals surface area contributed by atoms with Crippen molar-refractivity contribution in [1.29, 1.82) is 0 Å². The summed E-state index contributed by atoms with van der Waals surface area (Å²) in [5.74, 6) is 0.0262. The molecule has 4 heteroatoms. The average molecular weight is 262 g/mol. The van der Waals surface area contributed by atoms with E-state index in [2.05, 4.69) is 29.7 Å². The molecule has 1 saturated heterocycles. The van der Waals surface area contributed by atoms with Gasteiger partial charge in [0.2, 0.25) is 5.91 Å². The number of carbonyl (C=O) groups excluding carboxylic acids is 1. The van der Waals surface area contributed by atoms with Gasteiger partial charge in [-0.15, -0.1) is 0 Å². The van der Waals surface area contributed by atoms with E-state index in [0.29, 0.717) is 13.1 Å². The van der Waals surface area contributed by atoms with Gasteiger partial charge in [0.15, 0.2) is 0 Å². The van der Waals surface area contributed by atoms with Crippen LogP contribution in [0, 0.1) is 0 Å². The van der Waals surface area contributed by atoms with Crippen LogP contribution in [-0.2, 0) is 9.53 Å². The fourth-order valence-corrected chi connectivity index (χ4v) is 2.20. The van der Waals surface area contributed by atoms with Crippen LogP contribution in [0.4, 0.5) is 0 Å². The van der Waals surface area contributed by atoms with Gasteiger partial charge in [-0.05, 0) is 25.3 Å². The second kappa shape index (κ2) is 7.26. The van der Waals surface area contributed by atoms with Gasteiger partial charge in [0.25, 0.3) is 0 Å². The van der Waals surface area contributed by atoms with E-state index in [1.807, 2.05) is 18.2 Å². The lowest BCUT2D eigenvalue weighted by molar-refractivity contribution is -0.120. The van der Waals surface area contributed by atoms with Crippen LogP contribution in [0.15, 0.2) is 30.3 Å². The summed E-state index contributed by atoms with van der Waals surface area (Å²) in [6.07, 6.45) is 2.35. The van der Waals surface area contributed by atoms with E-state index in [0.717, 1.165) is 19.4 Å². The maximum Gasteiger partial charge on any atom is 0.234 e. The van der Waals surface area contributed by atoms with Crippen molar-refractivity contribution >= 4 is 5.91 Å². The summed E-state index contributed by atoms with van der Waals surface area (Å²) < 4.78 is 5.46. The van der Waals surface area contributed by atoms with E-state index in [-0.39, 0.29) is 18.1 Å². The number of hydrogen-bond acceptors (Lipinski definition) is 3. The number of nitrogens with one attached hydrogen (secondary N) is 2. The number of amides is 1. The van der Waals surface area contributed by atoms with Gasteiger partial charge in [0.1, 0.15) is 0 Å². The maximum atomic E-state index is 11.7. The van der Waals surface area contributed by atoms with Crippen molar-refractivity contribution in [2.45, 2.75) is 31.9 Å². The first-order valence-corrected chi connectivity index (χ1v) is 6.92. The van der Waals surface area contributed by atoms with E-state index in [1.165, 1.54) is 5.56 Å². The van der Waals surface area contributed by atoms with Crippen LogP contribution in [0.25, 0.3) is 0 Å². The summed E-state index contributed by atoms with van der Waals surface area (Å²) in [5.41, 5.74) is 1.19. The zero-order valence-electron chi connectivity index (χ0n) is 11.4. The van der Waals surface area contributed by atoms with Crippen molar-refractivity contribution < 1.29 is 9.53 Å². The Kier molecular flexibility index (Phi) is 5.36. The Hall–Kier alpha value is -1.39. The number of rotatable bonds is 6. The number of hydrogen-bond donors (Lipinski definition) is 2. The standard InChI is InChI=1S/C15H22N2O2/c1-12(13-6-3-2-4-7-13)16-11-15(18)17-10-14-8-5-9-19-14/h2-4,6-7,12,14,16H,5,8-11H2,1H3,(H,17,18). The zero-order chi connectivity index (χ0) is 13.5. The molecular weight excluding hydrogens is 240 g/mol. The van der Waals surface area contributed by atoms with Crippen molar-refractivity contribution in [1.82, 2.24) is 10.6 Å². The predicted octanol–water partition coefficient (Wildman–Crippen LogP) is 1.63. The van der Waals surface area contributed by atoms with Crippen LogP contribution < -0.4 is 10.6 Å². The highest BCUT2D eigenvalue weighted by atomic mass is 16.5. The highest BCUT2D eigenvalue weighted by Crippen LogP contribution is 2.11. The van der Waals surface area contributed by atoms with Crippen molar-refractivity contribution in [3.63, 3.8) is 0 Å². The molecule has 1 aliphatic rings. The SMILES string of the molecule is CC(NCC(=O)NCC1CCCO1)c1ccccc1. The summed E-state index contributed by atoms with van der Waals surface area (Å²) in [5, 5.41) is 6.13. The summed E-state index contributed by atoms with van der Waals surface area (Å²) in [6.45, 7) is 3.84. The molecule has 1 fully saturated rings. The Balaban J connectivity index is 1.65. The molecule has 1 aromatic carbocycles. The monoisotopic (exact) mass is 262 g/mol. The van der Waals surface area contributed by atoms with Crippen LogP contribution >= 0.6 is 0 Å². The molecule has 0 saturated carbocycles. The lowest BCUT2D eigenvalue weighted by Gasteiger charge is -2.15. The molecule has 0 aliphatic carbocycles. The van der Waals surface area contributed by atoms with Crippen LogP contribution in [0.2, 0.25) is 0 Å². The van der Waals surface area contributed by atoms with Gasteiger partial charge in [0.05, 0.1) is 12.6 Å². The molecule has 0 aromatic heterocycles. The molecule has 4 nitrogen and oxygen atoms in total. The molecule has 2 rings (SSSR count). The van der Waals surface area contributed by atoms with E-state index in [9.17, 15) is 4.79 Å². The third-order valence-corrected chi connectivity index (χ3v) is 3.42. The van der Waals surface area contributed by atoms with Crippen LogP contribution in [0.3, 0.4) is 0 Å². The molecule has 2 atom stereocenters. The van der Waals surface area contributed by atoms with Crippen molar-refractivity contribution in [3.05, 3.63) is 35.9 Å². The first-order valence-electron chi connectivity index (χ1n) is 6.92. The van der Waals surface area contributed by atoms with Crippen molar-refractivity contribution in [3.8, 4) is 0 Å². The topological polar surface area (TPSA) is 50.4 Å². The third-order valence-electron chi connectivity index (χ3n) is 3.42. The van der Waals surface area contributed by atoms with Gasteiger partial charge >= 0.3 is 0 Å². The molecule has 0 radical (unpaired) electrons. The Bertz CT molecular complexity index is 388. The smallest absolute Gasteiger partial charge is 0.234 e. The Morgan fingerprint density at radius 2 is 2.21 bits per heavy atom. The highest BCUT2D eigenvalue weighted by Gasteiger charge is 2.16. The van der Waals surface area contributed by atoms with Gasteiger partial charge in [-0.2, -0.15) is 0 Å². The molecule has 2 N–H and O–H groups in total. The highest BCUT2D eigenvalue weighted by molar-refractivity contribution is 5.78. The fourth-order valence-electron chi connectivity index (χ4n) is 2.20. The van der Waals surface area contributed by atoms with Gasteiger partial charge in [0, 0.05) is 19.2 Å². The molecule has 1 aromatic rings. The summed E-state index contributed by atoms with van der Waals surface area (Å²) in [4.78, 5) is 11.7. The van der Waals surface area contributed by atoms with Gasteiger partial charge in [-0.1, -0.05) is 30.3 Å². The van der Waals surface area contributed by atoms with Crippen molar-refractivity contribution in [2.75, 3.05) is 19.7 Å². The predicted molar refractivity (Wildman–Crippen MR) is 74.8 cm³/mol. The molecule has 1 amide bonds. The van der Waals surface area contributed by atoms with Gasteiger partial charge in [-0.25, -0.2) is 0 Å². The van der Waals surface area contributed by atoms with E-state index in [1.54, 1.807) is 0 Å². The van der Waals surface area contributed by atoms with Gasteiger partial charge in [-0.3, -0.25) is 4.79 Å². The molecule has 0 bridgehead atoms. The quantitative estimate of drug-likeness (QED) is 0.819. The Labute approximate surface area is 114 Å². The minimum atomic E-state index is 0.0262. The van der Waals surface area contributed by atoms with Crippen LogP contribution in [0.5, 0.6) is 0 Å². The molecule has 0 spiro atoms. The fraction of sp³-hybridized carbons (Fsp3) is 0.533. The average Bonchev–Trinajstić information content (AvgIpc) is 2.96. The second-order valence-corrected chi connectivity index (χ2v) is 4.95. The molecule has 104 valence electrons. The third kappa shape index (κ3) is 4.65. The normalized spacial score (nSPS) is 20.2. The number of carbonyl (C=O) groups is 1. The second-order valence-electron chi connectivity index (χ2n) is 4.95. The van der Waals surface area contributed by atoms with Crippen LogP contribution in [0.1, 0.15) is 31.4 Å². The van der Waals surface area contributed by atoms with E-state index >= 15 is 0 Å². The molecule has 19 heavy (non-hydrogen) atoms. The first kappa shape index (κ1) is 14.0. The molecule has 1 heterocycles. The van der Waals surface area contributed by atoms with Crippen molar-refractivity contribution in [2.24, 2.45) is 0 Å². The first-order chi connectivity index (χ1) is 9.25. The largest absolute Gasteiger partial charge is 0.376 e. The Morgan fingerprint density at radius 3 is 2.89 bits per heavy atom. The van der Waals surface area contributed by atoms with E-state index < -0.39 is 0 Å². The maximum absolute atomic E-state index is 11.7. The lowest BCUT2D eigenvalue weighted by atomic mass is 10.1. The number of ether oxygens (including phenoxy) is 1. The Morgan fingerprint density at radius 1 is 1.42 bits per heavy atom. The lowest BCUT2D eigenvalue weighted by Crippen LogP contribution is -2.38. The minimum Gasteiger partial charge on any atom is -0.376 e. The zero-order valence-corrected chi connectivity index (χ0v) is 11.4. The summed E-state index contributed by atoms with van der Waals surface area (Å²) in [6, 6.07) is 10.3. The van der Waals surface area contributed by atoms with Gasteiger partial charge < -0.3 is 15.4 Å².